The van der Waals surface area contributed by atoms with Crippen LogP contribution in [0.2, 0.25) is 0 Å². The zero-order valence-electron chi connectivity index (χ0n) is 9.70. The summed E-state index contributed by atoms with van der Waals surface area (Å²) in [6, 6.07) is 0. The number of carbonyl (C=O) groups is 1. The SMILES string of the molecule is COC(=O)CN(C)CCC1CCOCC1. The lowest BCUT2D eigenvalue weighted by Crippen LogP contribution is -2.29. The summed E-state index contributed by atoms with van der Waals surface area (Å²) in [6.07, 6.45) is 3.47. The molecule has 88 valence electrons. The third kappa shape index (κ3) is 5.14. The van der Waals surface area contributed by atoms with Gasteiger partial charge in [0.25, 0.3) is 0 Å². The van der Waals surface area contributed by atoms with E-state index in [0.717, 1.165) is 44.9 Å². The second-order valence-corrected chi connectivity index (χ2v) is 4.16. The van der Waals surface area contributed by atoms with Crippen molar-refractivity contribution in [2.24, 2.45) is 5.92 Å². The Morgan fingerprint density at radius 2 is 2.13 bits per heavy atom. The minimum Gasteiger partial charge on any atom is -0.468 e. The van der Waals surface area contributed by atoms with Crippen LogP contribution in [0, 0.1) is 5.92 Å². The van der Waals surface area contributed by atoms with E-state index in [1.54, 1.807) is 0 Å². The van der Waals surface area contributed by atoms with Crippen LogP contribution in [-0.2, 0) is 14.3 Å². The van der Waals surface area contributed by atoms with Gasteiger partial charge in [0.2, 0.25) is 0 Å². The van der Waals surface area contributed by atoms with E-state index in [0.29, 0.717) is 6.54 Å². The Kier molecular flexibility index (Phi) is 5.65. The number of hydrogen-bond acceptors (Lipinski definition) is 4. The van der Waals surface area contributed by atoms with E-state index in [4.69, 9.17) is 4.74 Å². The molecule has 0 aromatic heterocycles. The average molecular weight is 215 g/mol. The number of methoxy groups -OCH3 is 1. The molecule has 1 fully saturated rings. The maximum Gasteiger partial charge on any atom is 0.319 e. The molecule has 0 amide bonds. The van der Waals surface area contributed by atoms with Crippen LogP contribution in [0.5, 0.6) is 0 Å². The molecule has 0 aromatic rings. The molecule has 1 aliphatic heterocycles. The minimum atomic E-state index is -0.163. The number of ether oxygens (including phenoxy) is 2. The molecule has 0 atom stereocenters. The summed E-state index contributed by atoms with van der Waals surface area (Å²) in [5.74, 6) is 0.600. The molecule has 0 unspecified atom stereocenters. The zero-order valence-corrected chi connectivity index (χ0v) is 9.70. The van der Waals surface area contributed by atoms with E-state index in [2.05, 4.69) is 4.74 Å². The van der Waals surface area contributed by atoms with Gasteiger partial charge in [-0.15, -0.1) is 0 Å². The molecule has 0 N–H and O–H groups in total. The van der Waals surface area contributed by atoms with Crippen LogP contribution in [0.25, 0.3) is 0 Å². The highest BCUT2D eigenvalue weighted by molar-refractivity contribution is 5.71. The van der Waals surface area contributed by atoms with Crippen LogP contribution in [0.4, 0.5) is 0 Å². The van der Waals surface area contributed by atoms with Crippen molar-refractivity contribution < 1.29 is 14.3 Å². The summed E-state index contributed by atoms with van der Waals surface area (Å²) in [6.45, 7) is 3.14. The Morgan fingerprint density at radius 1 is 1.47 bits per heavy atom. The van der Waals surface area contributed by atoms with Crippen LogP contribution in [-0.4, -0.2) is 51.3 Å². The summed E-state index contributed by atoms with van der Waals surface area (Å²) in [4.78, 5) is 13.0. The van der Waals surface area contributed by atoms with Gasteiger partial charge in [0.05, 0.1) is 13.7 Å². The van der Waals surface area contributed by atoms with Crippen molar-refractivity contribution in [2.75, 3.05) is 40.5 Å². The largest absolute Gasteiger partial charge is 0.468 e. The van der Waals surface area contributed by atoms with Crippen molar-refractivity contribution in [3.8, 4) is 0 Å². The standard InChI is InChI=1S/C11H21NO3/c1-12(9-11(13)14-2)6-3-10-4-7-15-8-5-10/h10H,3-9H2,1-2H3. The Hall–Kier alpha value is -0.610. The fourth-order valence-corrected chi connectivity index (χ4v) is 1.80. The van der Waals surface area contributed by atoms with Gasteiger partial charge in [-0.25, -0.2) is 0 Å². The highest BCUT2D eigenvalue weighted by atomic mass is 16.5. The van der Waals surface area contributed by atoms with Crippen LogP contribution >= 0.6 is 0 Å². The van der Waals surface area contributed by atoms with Gasteiger partial charge in [0.15, 0.2) is 0 Å². The molecule has 1 rings (SSSR count). The van der Waals surface area contributed by atoms with Crippen molar-refractivity contribution in [3.63, 3.8) is 0 Å². The molecular weight excluding hydrogens is 194 g/mol. The maximum atomic E-state index is 11.0. The predicted molar refractivity (Wildman–Crippen MR) is 57.7 cm³/mol. The van der Waals surface area contributed by atoms with Gasteiger partial charge < -0.3 is 9.47 Å². The van der Waals surface area contributed by atoms with Gasteiger partial charge in [0, 0.05) is 13.2 Å². The Labute approximate surface area is 91.5 Å². The van der Waals surface area contributed by atoms with Crippen molar-refractivity contribution >= 4 is 5.97 Å². The number of nitrogens with zero attached hydrogens (tertiary/aromatic N) is 1. The fraction of sp³-hybridized carbons (Fsp3) is 0.909. The van der Waals surface area contributed by atoms with E-state index in [9.17, 15) is 4.79 Å². The molecule has 0 aliphatic carbocycles. The Morgan fingerprint density at radius 3 is 2.73 bits per heavy atom. The Bertz CT molecular complexity index is 190. The van der Waals surface area contributed by atoms with Crippen molar-refractivity contribution in [1.82, 2.24) is 4.90 Å². The van der Waals surface area contributed by atoms with Crippen molar-refractivity contribution in [1.29, 1.82) is 0 Å². The smallest absolute Gasteiger partial charge is 0.319 e. The first-order valence-electron chi connectivity index (χ1n) is 5.55. The van der Waals surface area contributed by atoms with Crippen LogP contribution in [0.3, 0.4) is 0 Å². The quantitative estimate of drug-likeness (QED) is 0.639. The summed E-state index contributed by atoms with van der Waals surface area (Å²) >= 11 is 0. The lowest BCUT2D eigenvalue weighted by Gasteiger charge is -2.24. The third-order valence-corrected chi connectivity index (χ3v) is 2.89. The average Bonchev–Trinajstić information content (AvgIpc) is 2.27. The first-order chi connectivity index (χ1) is 7.22. The molecule has 1 aliphatic rings. The van der Waals surface area contributed by atoms with Gasteiger partial charge >= 0.3 is 5.97 Å². The van der Waals surface area contributed by atoms with Crippen molar-refractivity contribution in [3.05, 3.63) is 0 Å². The molecule has 4 nitrogen and oxygen atoms in total. The summed E-state index contributed by atoms with van der Waals surface area (Å²) < 4.78 is 9.91. The molecule has 0 bridgehead atoms. The number of likely N-dealkylation sites (N-methyl/N-ethyl adjacent to an activating group) is 1. The lowest BCUT2D eigenvalue weighted by molar-refractivity contribution is -0.141. The molecule has 0 aromatic carbocycles. The van der Waals surface area contributed by atoms with Crippen LogP contribution in [0.1, 0.15) is 19.3 Å². The third-order valence-electron chi connectivity index (χ3n) is 2.89. The van der Waals surface area contributed by atoms with Gasteiger partial charge in [-0.1, -0.05) is 0 Å². The van der Waals surface area contributed by atoms with E-state index in [1.807, 2.05) is 11.9 Å². The number of rotatable bonds is 5. The molecule has 4 heteroatoms. The summed E-state index contributed by atoms with van der Waals surface area (Å²) in [7, 11) is 3.38. The van der Waals surface area contributed by atoms with Crippen molar-refractivity contribution in [2.45, 2.75) is 19.3 Å². The normalized spacial score (nSPS) is 18.1. The number of esters is 1. The minimum absolute atomic E-state index is 0.163. The number of hydrogen-bond donors (Lipinski definition) is 0. The highest BCUT2D eigenvalue weighted by Crippen LogP contribution is 2.18. The predicted octanol–water partition coefficient (Wildman–Crippen LogP) is 0.908. The molecule has 15 heavy (non-hydrogen) atoms. The molecule has 0 radical (unpaired) electrons. The zero-order chi connectivity index (χ0) is 11.1. The van der Waals surface area contributed by atoms with E-state index in [1.165, 1.54) is 7.11 Å². The van der Waals surface area contributed by atoms with Gasteiger partial charge in [0.1, 0.15) is 0 Å². The molecule has 0 saturated carbocycles. The fourth-order valence-electron chi connectivity index (χ4n) is 1.80. The topological polar surface area (TPSA) is 38.8 Å². The summed E-state index contributed by atoms with van der Waals surface area (Å²) in [5, 5.41) is 0. The van der Waals surface area contributed by atoms with E-state index in [-0.39, 0.29) is 5.97 Å². The second-order valence-electron chi connectivity index (χ2n) is 4.16. The van der Waals surface area contributed by atoms with Gasteiger partial charge in [-0.3, -0.25) is 9.69 Å². The second kappa shape index (κ2) is 6.80. The van der Waals surface area contributed by atoms with Crippen LogP contribution < -0.4 is 0 Å². The molecule has 1 saturated heterocycles. The molecular formula is C11H21NO3. The maximum absolute atomic E-state index is 11.0. The Balaban J connectivity index is 2.09. The van der Waals surface area contributed by atoms with E-state index >= 15 is 0 Å². The van der Waals surface area contributed by atoms with Gasteiger partial charge in [-0.2, -0.15) is 0 Å². The number of carbonyl (C=O) groups excluding carboxylic acids is 1. The van der Waals surface area contributed by atoms with Gasteiger partial charge in [-0.05, 0) is 38.8 Å². The lowest BCUT2D eigenvalue weighted by atomic mass is 9.96. The molecule has 0 spiro atoms. The monoisotopic (exact) mass is 215 g/mol. The van der Waals surface area contributed by atoms with Crippen LogP contribution in [0.15, 0.2) is 0 Å². The van der Waals surface area contributed by atoms with E-state index < -0.39 is 0 Å². The molecule has 1 heterocycles. The summed E-state index contributed by atoms with van der Waals surface area (Å²) in [5.41, 5.74) is 0. The first-order valence-corrected chi connectivity index (χ1v) is 5.55. The first kappa shape index (κ1) is 12.5. The highest BCUT2D eigenvalue weighted by Gasteiger charge is 2.15.